The second kappa shape index (κ2) is 4.78. The van der Waals surface area contributed by atoms with E-state index in [-0.39, 0.29) is 4.90 Å². The van der Waals surface area contributed by atoms with Crippen LogP contribution in [-0.2, 0) is 9.84 Å². The molecule has 1 aliphatic carbocycles. The molecule has 0 saturated heterocycles. The lowest BCUT2D eigenvalue weighted by Crippen LogP contribution is -2.02. The van der Waals surface area contributed by atoms with Crippen molar-refractivity contribution in [2.45, 2.75) is 36.7 Å². The van der Waals surface area contributed by atoms with Crippen molar-refractivity contribution in [1.29, 1.82) is 0 Å². The van der Waals surface area contributed by atoms with E-state index in [1.54, 1.807) is 24.3 Å². The normalized spacial score (nSPS) is 18.0. The van der Waals surface area contributed by atoms with Crippen LogP contribution in [0.5, 0.6) is 0 Å². The van der Waals surface area contributed by atoms with E-state index >= 15 is 0 Å². The highest BCUT2D eigenvalue weighted by Gasteiger charge is 2.22. The fourth-order valence-electron chi connectivity index (χ4n) is 1.92. The van der Waals surface area contributed by atoms with E-state index in [2.05, 4.69) is 0 Å². The van der Waals surface area contributed by atoms with E-state index < -0.39 is 15.9 Å². The lowest BCUT2D eigenvalue weighted by Gasteiger charge is -2.11. The minimum atomic E-state index is -3.19. The number of hydrogen-bond acceptors (Lipinski definition) is 3. The van der Waals surface area contributed by atoms with E-state index in [1.165, 1.54) is 19.1 Å². The average molecular weight is 254 g/mol. The van der Waals surface area contributed by atoms with Gasteiger partial charge in [-0.25, -0.2) is 8.42 Å². The highest BCUT2D eigenvalue weighted by molar-refractivity contribution is 7.90. The fraction of sp³-hybridized carbons (Fsp3) is 0.538. The Morgan fingerprint density at radius 1 is 1.41 bits per heavy atom. The lowest BCUT2D eigenvalue weighted by atomic mass is 10.0. The number of aliphatic hydroxyl groups is 1. The quantitative estimate of drug-likeness (QED) is 0.877. The van der Waals surface area contributed by atoms with E-state index in [9.17, 15) is 13.5 Å². The van der Waals surface area contributed by atoms with Gasteiger partial charge in [-0.1, -0.05) is 25.0 Å². The molecule has 3 nitrogen and oxygen atoms in total. The number of hydrogen-bond donors (Lipinski definition) is 1. The molecule has 17 heavy (non-hydrogen) atoms. The molecule has 0 radical (unpaired) electrons. The van der Waals surface area contributed by atoms with Crippen LogP contribution in [-0.4, -0.2) is 19.8 Å². The molecule has 4 heteroatoms. The molecule has 1 aliphatic rings. The van der Waals surface area contributed by atoms with Gasteiger partial charge in [-0.15, -0.1) is 0 Å². The SMILES string of the molecule is CS(=O)(=O)c1cccc(C(O)CCC2CC2)c1. The molecule has 0 heterocycles. The molecule has 0 amide bonds. The third-order valence-corrected chi connectivity index (χ3v) is 4.33. The third-order valence-electron chi connectivity index (χ3n) is 3.22. The Balaban J connectivity index is 2.08. The van der Waals surface area contributed by atoms with Gasteiger partial charge in [0.15, 0.2) is 9.84 Å². The van der Waals surface area contributed by atoms with Crippen molar-refractivity contribution in [3.05, 3.63) is 29.8 Å². The van der Waals surface area contributed by atoms with E-state index in [4.69, 9.17) is 0 Å². The van der Waals surface area contributed by atoms with Gasteiger partial charge in [0.05, 0.1) is 11.0 Å². The topological polar surface area (TPSA) is 54.4 Å². The minimum Gasteiger partial charge on any atom is -0.388 e. The molecular weight excluding hydrogens is 236 g/mol. The summed E-state index contributed by atoms with van der Waals surface area (Å²) in [7, 11) is -3.19. The molecule has 1 aromatic carbocycles. The summed E-state index contributed by atoms with van der Waals surface area (Å²) < 4.78 is 22.8. The Kier molecular flexibility index (Phi) is 3.54. The van der Waals surface area contributed by atoms with Gasteiger partial charge in [0.25, 0.3) is 0 Å². The minimum absolute atomic E-state index is 0.278. The molecule has 0 spiro atoms. The summed E-state index contributed by atoms with van der Waals surface area (Å²) in [6, 6.07) is 6.61. The van der Waals surface area contributed by atoms with Gasteiger partial charge in [0, 0.05) is 6.26 Å². The van der Waals surface area contributed by atoms with Crippen LogP contribution in [0.2, 0.25) is 0 Å². The van der Waals surface area contributed by atoms with Crippen LogP contribution in [0.1, 0.15) is 37.4 Å². The Labute approximate surface area is 102 Å². The highest BCUT2D eigenvalue weighted by Crippen LogP contribution is 2.36. The molecule has 1 fully saturated rings. The van der Waals surface area contributed by atoms with Gasteiger partial charge in [0.2, 0.25) is 0 Å². The maximum absolute atomic E-state index is 11.4. The van der Waals surface area contributed by atoms with Crippen molar-refractivity contribution >= 4 is 9.84 Å². The summed E-state index contributed by atoms with van der Waals surface area (Å²) in [6.45, 7) is 0. The molecule has 1 saturated carbocycles. The van der Waals surface area contributed by atoms with Gasteiger partial charge in [0.1, 0.15) is 0 Å². The third kappa shape index (κ3) is 3.54. The number of aliphatic hydroxyl groups excluding tert-OH is 1. The first-order chi connectivity index (χ1) is 7.97. The van der Waals surface area contributed by atoms with Crippen molar-refractivity contribution in [1.82, 2.24) is 0 Å². The summed E-state index contributed by atoms with van der Waals surface area (Å²) in [5.41, 5.74) is 0.702. The van der Waals surface area contributed by atoms with Crippen LogP contribution in [0.25, 0.3) is 0 Å². The van der Waals surface area contributed by atoms with Gasteiger partial charge in [-0.2, -0.15) is 0 Å². The Morgan fingerprint density at radius 2 is 2.12 bits per heavy atom. The highest BCUT2D eigenvalue weighted by atomic mass is 32.2. The molecule has 0 bridgehead atoms. The van der Waals surface area contributed by atoms with Crippen LogP contribution < -0.4 is 0 Å². The molecule has 0 aliphatic heterocycles. The predicted molar refractivity (Wildman–Crippen MR) is 66.5 cm³/mol. The lowest BCUT2D eigenvalue weighted by molar-refractivity contribution is 0.162. The Hall–Kier alpha value is -0.870. The zero-order valence-corrected chi connectivity index (χ0v) is 10.8. The first-order valence-electron chi connectivity index (χ1n) is 5.95. The number of rotatable bonds is 5. The molecule has 1 N–H and O–H groups in total. The first-order valence-corrected chi connectivity index (χ1v) is 7.84. The van der Waals surface area contributed by atoms with Gasteiger partial charge < -0.3 is 5.11 Å². The zero-order chi connectivity index (χ0) is 12.5. The van der Waals surface area contributed by atoms with E-state index in [0.717, 1.165) is 18.8 Å². The Morgan fingerprint density at radius 3 is 2.71 bits per heavy atom. The number of benzene rings is 1. The second-order valence-corrected chi connectivity index (χ2v) is 6.90. The maximum Gasteiger partial charge on any atom is 0.175 e. The largest absolute Gasteiger partial charge is 0.388 e. The molecule has 0 aromatic heterocycles. The van der Waals surface area contributed by atoms with Crippen molar-refractivity contribution in [2.24, 2.45) is 5.92 Å². The van der Waals surface area contributed by atoms with Crippen LogP contribution in [0.15, 0.2) is 29.2 Å². The Bertz CT molecular complexity index is 489. The fourth-order valence-corrected chi connectivity index (χ4v) is 2.60. The summed E-state index contributed by atoms with van der Waals surface area (Å²) in [6.07, 6.45) is 4.94. The summed E-state index contributed by atoms with van der Waals surface area (Å²) >= 11 is 0. The second-order valence-electron chi connectivity index (χ2n) is 4.88. The molecule has 1 atom stereocenters. The van der Waals surface area contributed by atoms with Crippen molar-refractivity contribution in [2.75, 3.05) is 6.26 Å². The van der Waals surface area contributed by atoms with Gasteiger partial charge in [-0.05, 0) is 36.5 Å². The van der Waals surface area contributed by atoms with E-state index in [0.29, 0.717) is 5.56 Å². The summed E-state index contributed by atoms with van der Waals surface area (Å²) in [5, 5.41) is 9.99. The standard InChI is InChI=1S/C13H18O3S/c1-17(15,16)12-4-2-3-11(9-12)13(14)8-7-10-5-6-10/h2-4,9-10,13-14H,5-8H2,1H3. The molecule has 1 unspecified atom stereocenters. The van der Waals surface area contributed by atoms with Crippen LogP contribution in [0.4, 0.5) is 0 Å². The van der Waals surface area contributed by atoms with Gasteiger partial charge in [-0.3, -0.25) is 0 Å². The van der Waals surface area contributed by atoms with Crippen molar-refractivity contribution < 1.29 is 13.5 Å². The smallest absolute Gasteiger partial charge is 0.175 e. The van der Waals surface area contributed by atoms with Crippen LogP contribution in [0.3, 0.4) is 0 Å². The molecular formula is C13H18O3S. The van der Waals surface area contributed by atoms with E-state index in [1.807, 2.05) is 0 Å². The predicted octanol–water partition coefficient (Wildman–Crippen LogP) is 2.31. The average Bonchev–Trinajstić information content (AvgIpc) is 3.09. The van der Waals surface area contributed by atoms with Crippen LogP contribution >= 0.6 is 0 Å². The molecule has 2 rings (SSSR count). The zero-order valence-electron chi connectivity index (χ0n) is 9.96. The van der Waals surface area contributed by atoms with Gasteiger partial charge >= 0.3 is 0 Å². The number of sulfone groups is 1. The first kappa shape index (κ1) is 12.6. The van der Waals surface area contributed by atoms with Crippen molar-refractivity contribution in [3.8, 4) is 0 Å². The monoisotopic (exact) mass is 254 g/mol. The van der Waals surface area contributed by atoms with Crippen molar-refractivity contribution in [3.63, 3.8) is 0 Å². The maximum atomic E-state index is 11.4. The molecule has 1 aromatic rings. The van der Waals surface area contributed by atoms with Crippen LogP contribution in [0, 0.1) is 5.92 Å². The summed E-state index contributed by atoms with van der Waals surface area (Å²) in [4.78, 5) is 0.278. The molecule has 94 valence electrons. The summed E-state index contributed by atoms with van der Waals surface area (Å²) in [5.74, 6) is 0.780.